The van der Waals surface area contributed by atoms with Crippen molar-refractivity contribution in [2.75, 3.05) is 13.7 Å². The molecule has 0 saturated carbocycles. The second-order valence-corrected chi connectivity index (χ2v) is 5.78. The van der Waals surface area contributed by atoms with Gasteiger partial charge >= 0.3 is 5.97 Å². The molecule has 0 aromatic heterocycles. The minimum atomic E-state index is -1.91. The molecule has 2 fully saturated rings. The fourth-order valence-electron chi connectivity index (χ4n) is 2.73. The summed E-state index contributed by atoms with van der Waals surface area (Å²) in [4.78, 5) is 11.1. The van der Waals surface area contributed by atoms with E-state index in [1.165, 1.54) is 7.11 Å². The number of carboxylic acids is 1. The Kier molecular flexibility index (Phi) is 6.67. The molecule has 10 atom stereocenters. The Bertz CT molecular complexity index is 444. The lowest BCUT2D eigenvalue weighted by atomic mass is 9.97. The van der Waals surface area contributed by atoms with Crippen LogP contribution in [0.5, 0.6) is 0 Å². The Morgan fingerprint density at radius 3 is 2.08 bits per heavy atom. The Morgan fingerprint density at radius 1 is 0.920 bits per heavy atom. The number of aliphatic hydroxyl groups excluding tert-OH is 6. The molecule has 6 unspecified atom stereocenters. The first-order valence-corrected chi connectivity index (χ1v) is 7.46. The maximum absolute atomic E-state index is 11.1. The van der Waals surface area contributed by atoms with Crippen molar-refractivity contribution >= 4 is 5.97 Å². The van der Waals surface area contributed by atoms with Crippen LogP contribution in [0, 0.1) is 0 Å². The van der Waals surface area contributed by atoms with E-state index in [1.54, 1.807) is 0 Å². The average Bonchev–Trinajstić information content (AvgIpc) is 2.58. The second-order valence-electron chi connectivity index (χ2n) is 5.78. The molecule has 2 aliphatic heterocycles. The van der Waals surface area contributed by atoms with E-state index >= 15 is 0 Å². The Labute approximate surface area is 141 Å². The van der Waals surface area contributed by atoms with Gasteiger partial charge < -0.3 is 54.7 Å². The molecule has 0 aliphatic carbocycles. The first-order valence-electron chi connectivity index (χ1n) is 7.46. The van der Waals surface area contributed by atoms with Gasteiger partial charge in [0.25, 0.3) is 0 Å². The molecule has 146 valence electrons. The molecule has 2 heterocycles. The van der Waals surface area contributed by atoms with Crippen LogP contribution in [0.25, 0.3) is 0 Å². The van der Waals surface area contributed by atoms with Gasteiger partial charge in [0.2, 0.25) is 0 Å². The third kappa shape index (κ3) is 3.93. The van der Waals surface area contributed by atoms with E-state index in [1.807, 2.05) is 0 Å². The van der Waals surface area contributed by atoms with E-state index in [0.29, 0.717) is 0 Å². The highest BCUT2D eigenvalue weighted by molar-refractivity contribution is 5.73. The van der Waals surface area contributed by atoms with Gasteiger partial charge in [-0.3, -0.25) is 0 Å². The van der Waals surface area contributed by atoms with Crippen molar-refractivity contribution in [2.45, 2.75) is 61.4 Å². The van der Waals surface area contributed by atoms with Crippen molar-refractivity contribution in [1.29, 1.82) is 0 Å². The summed E-state index contributed by atoms with van der Waals surface area (Å²) < 4.78 is 20.2. The van der Waals surface area contributed by atoms with Crippen LogP contribution >= 0.6 is 0 Å². The van der Waals surface area contributed by atoms with E-state index in [4.69, 9.17) is 24.1 Å². The lowest BCUT2D eigenvalue weighted by Gasteiger charge is -2.45. The van der Waals surface area contributed by atoms with Crippen molar-refractivity contribution in [3.63, 3.8) is 0 Å². The van der Waals surface area contributed by atoms with Crippen molar-refractivity contribution in [3.8, 4) is 0 Å². The maximum atomic E-state index is 11.1. The smallest absolute Gasteiger partial charge is 0.335 e. The molecule has 0 aromatic carbocycles. The zero-order valence-electron chi connectivity index (χ0n) is 13.2. The standard InChI is InChI=1S/C13H22O12/c1-22-12-8(19)9(4(15)3(2-14)23-12)24-13-7(18)5(16)6(17)10(25-13)11(20)21/h3-10,12-19H,2H2,1H3,(H,20,21)/t3?,4-,5?,6-,7?,8?,9?,10?,12+,13+/m0/s1. The summed E-state index contributed by atoms with van der Waals surface area (Å²) in [6.07, 6.45) is -16.5. The molecule has 0 radical (unpaired) electrons. The third-order valence-corrected chi connectivity index (χ3v) is 4.16. The van der Waals surface area contributed by atoms with Gasteiger partial charge in [-0.2, -0.15) is 0 Å². The summed E-state index contributed by atoms with van der Waals surface area (Å²) >= 11 is 0. The Balaban J connectivity index is 2.18. The fraction of sp³-hybridized carbons (Fsp3) is 0.923. The van der Waals surface area contributed by atoms with Crippen LogP contribution in [-0.2, 0) is 23.7 Å². The Hall–Kier alpha value is -0.930. The topological polar surface area (TPSA) is 196 Å². The van der Waals surface area contributed by atoms with Gasteiger partial charge in [-0.05, 0) is 0 Å². The lowest BCUT2D eigenvalue weighted by molar-refractivity contribution is -0.354. The van der Waals surface area contributed by atoms with Crippen molar-refractivity contribution in [2.24, 2.45) is 0 Å². The molecule has 12 heteroatoms. The number of methoxy groups -OCH3 is 1. The number of aliphatic carboxylic acids is 1. The molecule has 7 N–H and O–H groups in total. The SMILES string of the molecule is CO[C@@H]1OC(CO)[C@H](O)C(O[C@@H]2OC(C(=O)O)[C@@H](O)C(O)C2O)C1O. The molecule has 2 rings (SSSR count). The average molecular weight is 370 g/mol. The summed E-state index contributed by atoms with van der Waals surface area (Å²) in [6.45, 7) is -0.638. The summed E-state index contributed by atoms with van der Waals surface area (Å²) in [7, 11) is 1.20. The van der Waals surface area contributed by atoms with Crippen LogP contribution in [-0.4, -0.2) is 117 Å². The highest BCUT2D eigenvalue weighted by Gasteiger charge is 2.52. The predicted molar refractivity (Wildman–Crippen MR) is 74.0 cm³/mol. The Morgan fingerprint density at radius 2 is 1.56 bits per heavy atom. The van der Waals surface area contributed by atoms with E-state index in [-0.39, 0.29) is 0 Å². The first-order chi connectivity index (χ1) is 11.7. The van der Waals surface area contributed by atoms with E-state index in [0.717, 1.165) is 0 Å². The van der Waals surface area contributed by atoms with Gasteiger partial charge in [-0.1, -0.05) is 0 Å². The number of hydrogen-bond donors (Lipinski definition) is 7. The summed E-state index contributed by atoms with van der Waals surface area (Å²) in [5, 5.41) is 67.8. The van der Waals surface area contributed by atoms with Crippen molar-refractivity contribution in [1.82, 2.24) is 0 Å². The van der Waals surface area contributed by atoms with Gasteiger partial charge in [-0.25, -0.2) is 4.79 Å². The van der Waals surface area contributed by atoms with Gasteiger partial charge in [0, 0.05) is 7.11 Å². The molecule has 2 saturated heterocycles. The molecule has 25 heavy (non-hydrogen) atoms. The lowest BCUT2D eigenvalue weighted by Crippen LogP contribution is -2.65. The summed E-state index contributed by atoms with van der Waals surface area (Å²) in [5.41, 5.74) is 0. The minimum absolute atomic E-state index is 0.638. The van der Waals surface area contributed by atoms with Gasteiger partial charge in [0.1, 0.15) is 42.7 Å². The van der Waals surface area contributed by atoms with Crippen LogP contribution in [0.15, 0.2) is 0 Å². The van der Waals surface area contributed by atoms with Crippen LogP contribution in [0.4, 0.5) is 0 Å². The van der Waals surface area contributed by atoms with Crippen LogP contribution in [0.2, 0.25) is 0 Å². The van der Waals surface area contributed by atoms with Crippen LogP contribution < -0.4 is 0 Å². The maximum Gasteiger partial charge on any atom is 0.335 e. The largest absolute Gasteiger partial charge is 0.479 e. The molecular weight excluding hydrogens is 348 g/mol. The van der Waals surface area contributed by atoms with E-state index in [2.05, 4.69) is 0 Å². The predicted octanol–water partition coefficient (Wildman–Crippen LogP) is -4.65. The fourth-order valence-corrected chi connectivity index (χ4v) is 2.73. The van der Waals surface area contributed by atoms with Crippen LogP contribution in [0.1, 0.15) is 0 Å². The second kappa shape index (κ2) is 8.18. The molecule has 12 nitrogen and oxygen atoms in total. The number of carbonyl (C=O) groups is 1. The number of carboxylic acid groups (broad SMARTS) is 1. The number of hydrogen-bond acceptors (Lipinski definition) is 11. The number of ether oxygens (including phenoxy) is 4. The molecule has 2 aliphatic rings. The number of aliphatic hydroxyl groups is 6. The first kappa shape index (κ1) is 20.4. The number of rotatable bonds is 5. The quantitative estimate of drug-likeness (QED) is 0.245. The van der Waals surface area contributed by atoms with E-state index < -0.39 is 74.0 Å². The summed E-state index contributed by atoms with van der Waals surface area (Å²) in [5.74, 6) is -1.61. The molecule has 0 bridgehead atoms. The molecular formula is C13H22O12. The van der Waals surface area contributed by atoms with E-state index in [9.17, 15) is 35.4 Å². The molecule has 0 aromatic rings. The zero-order valence-corrected chi connectivity index (χ0v) is 13.2. The molecule has 0 spiro atoms. The monoisotopic (exact) mass is 370 g/mol. The minimum Gasteiger partial charge on any atom is -0.479 e. The molecule has 0 amide bonds. The van der Waals surface area contributed by atoms with Crippen LogP contribution in [0.3, 0.4) is 0 Å². The zero-order chi connectivity index (χ0) is 18.9. The summed E-state index contributed by atoms with van der Waals surface area (Å²) in [6, 6.07) is 0. The third-order valence-electron chi connectivity index (χ3n) is 4.16. The van der Waals surface area contributed by atoms with Gasteiger partial charge in [0.15, 0.2) is 18.7 Å². The normalized spacial score (nSPS) is 48.3. The van der Waals surface area contributed by atoms with Gasteiger partial charge in [0.05, 0.1) is 6.61 Å². The van der Waals surface area contributed by atoms with Crippen molar-refractivity contribution in [3.05, 3.63) is 0 Å². The van der Waals surface area contributed by atoms with Crippen molar-refractivity contribution < 1.29 is 59.5 Å². The highest BCUT2D eigenvalue weighted by Crippen LogP contribution is 2.29. The van der Waals surface area contributed by atoms with Gasteiger partial charge in [-0.15, -0.1) is 0 Å². The highest BCUT2D eigenvalue weighted by atomic mass is 16.7.